The van der Waals surface area contributed by atoms with Crippen LogP contribution < -0.4 is 0 Å². The second-order valence-electron chi connectivity index (χ2n) is 11.0. The molecule has 0 aliphatic rings. The number of aryl methyl sites for hydroxylation is 7. The van der Waals surface area contributed by atoms with Crippen molar-refractivity contribution < 1.29 is 0 Å². The number of hydrogen-bond donors (Lipinski definition) is 0. The van der Waals surface area contributed by atoms with Gasteiger partial charge in [-0.05, 0) is 141 Å². The van der Waals surface area contributed by atoms with Gasteiger partial charge in [-0.1, -0.05) is 0 Å². The molecule has 0 atom stereocenters. The van der Waals surface area contributed by atoms with Gasteiger partial charge in [0, 0.05) is 58.5 Å². The van der Waals surface area contributed by atoms with Crippen LogP contribution in [0.15, 0.2) is 53.2 Å². The summed E-state index contributed by atoms with van der Waals surface area (Å²) in [5.41, 5.74) is 9.59. The normalized spacial score (nSPS) is 11.7. The van der Waals surface area contributed by atoms with Crippen LogP contribution in [-0.2, 0) is 0 Å². The maximum atomic E-state index is 2.41. The third-order valence-corrected chi connectivity index (χ3v) is 16.9. The summed E-state index contributed by atoms with van der Waals surface area (Å²) in [4.78, 5) is 16.8. The molecule has 7 heterocycles. The maximum Gasteiger partial charge on any atom is 0.0479 e. The van der Waals surface area contributed by atoms with Crippen molar-refractivity contribution in [2.75, 3.05) is 0 Å². The van der Waals surface area contributed by atoms with E-state index in [0.29, 0.717) is 0 Å². The second kappa shape index (κ2) is 11.1. The van der Waals surface area contributed by atoms with Crippen LogP contribution in [0, 0.1) is 48.5 Å². The van der Waals surface area contributed by atoms with E-state index < -0.39 is 0 Å². The standard InChI is InChI=1S/C35H30S7/c1-17-10-24(37-16-17)31-19(3)12-26(39-31)33-21(5)14-28(41-33)35-23(7)15-29(42-35)34-22(6)13-27(40-34)32-20(4)11-25(38-32)30-18(2)8-9-36-30/h8-16H,1-7H3. The summed E-state index contributed by atoms with van der Waals surface area (Å²) in [6.07, 6.45) is 0. The highest BCUT2D eigenvalue weighted by Crippen LogP contribution is 2.51. The van der Waals surface area contributed by atoms with Crippen LogP contribution in [0.2, 0.25) is 0 Å². The molecule has 7 rings (SSSR count). The molecule has 0 bridgehead atoms. The molecule has 0 saturated carbocycles. The van der Waals surface area contributed by atoms with Crippen LogP contribution in [-0.4, -0.2) is 0 Å². The minimum Gasteiger partial charge on any atom is -0.143 e. The highest BCUT2D eigenvalue weighted by Gasteiger charge is 2.21. The zero-order valence-corrected chi connectivity index (χ0v) is 30.3. The van der Waals surface area contributed by atoms with E-state index in [0.717, 1.165) is 0 Å². The quantitative estimate of drug-likeness (QED) is 0.165. The molecular weight excluding hydrogens is 645 g/mol. The molecule has 0 nitrogen and oxygen atoms in total. The topological polar surface area (TPSA) is 0 Å². The highest BCUT2D eigenvalue weighted by atomic mass is 32.1. The second-order valence-corrected chi connectivity index (χ2v) is 18.1. The third kappa shape index (κ3) is 5.07. The van der Waals surface area contributed by atoms with Crippen molar-refractivity contribution in [1.82, 2.24) is 0 Å². The first-order valence-corrected chi connectivity index (χ1v) is 19.6. The molecular formula is C35H30S7. The SMILES string of the molecule is Cc1csc(-c2sc(-c3sc(-c4sc(-c5sc(-c6sc(-c7sccc7C)cc6C)cc5C)cc4C)cc3C)cc2C)c1. The number of hydrogen-bond acceptors (Lipinski definition) is 7. The summed E-state index contributed by atoms with van der Waals surface area (Å²) in [6, 6.07) is 16.5. The Morgan fingerprint density at radius 1 is 0.357 bits per heavy atom. The Labute approximate surface area is 276 Å². The van der Waals surface area contributed by atoms with Crippen LogP contribution in [0.1, 0.15) is 38.9 Å². The zero-order chi connectivity index (χ0) is 29.3. The smallest absolute Gasteiger partial charge is 0.0479 e. The van der Waals surface area contributed by atoms with Crippen LogP contribution in [0.4, 0.5) is 0 Å². The molecule has 7 heteroatoms. The molecule has 7 aromatic heterocycles. The molecule has 0 fully saturated rings. The first kappa shape index (κ1) is 28.7. The van der Waals surface area contributed by atoms with Gasteiger partial charge < -0.3 is 0 Å². The minimum absolute atomic E-state index is 1.35. The van der Waals surface area contributed by atoms with Crippen molar-refractivity contribution in [1.29, 1.82) is 0 Å². The summed E-state index contributed by atoms with van der Waals surface area (Å²) in [7, 11) is 0. The van der Waals surface area contributed by atoms with Gasteiger partial charge in [0.05, 0.1) is 0 Å². The minimum atomic E-state index is 1.35. The molecule has 0 aliphatic carbocycles. The van der Waals surface area contributed by atoms with E-state index in [1.807, 2.05) is 79.4 Å². The van der Waals surface area contributed by atoms with E-state index in [-0.39, 0.29) is 0 Å². The number of rotatable bonds is 6. The van der Waals surface area contributed by atoms with Gasteiger partial charge in [-0.15, -0.1) is 79.4 Å². The fourth-order valence-corrected chi connectivity index (χ4v) is 14.1. The van der Waals surface area contributed by atoms with Crippen LogP contribution in [0.3, 0.4) is 0 Å². The van der Waals surface area contributed by atoms with E-state index in [4.69, 9.17) is 0 Å². The first-order valence-electron chi connectivity index (χ1n) is 13.8. The maximum absolute atomic E-state index is 2.41. The monoisotopic (exact) mass is 674 g/mol. The average molecular weight is 675 g/mol. The summed E-state index contributed by atoms with van der Waals surface area (Å²) >= 11 is 13.4. The lowest BCUT2D eigenvalue weighted by molar-refractivity contribution is 1.52. The lowest BCUT2D eigenvalue weighted by Gasteiger charge is -1.96. The van der Waals surface area contributed by atoms with Crippen molar-refractivity contribution in [3.63, 3.8) is 0 Å². The van der Waals surface area contributed by atoms with Gasteiger partial charge in [-0.3, -0.25) is 0 Å². The van der Waals surface area contributed by atoms with Gasteiger partial charge in [0.2, 0.25) is 0 Å². The fraction of sp³-hybridized carbons (Fsp3) is 0.200. The fourth-order valence-electron chi connectivity index (χ4n) is 5.37. The Bertz CT molecular complexity index is 2070. The van der Waals surface area contributed by atoms with Crippen molar-refractivity contribution in [2.24, 2.45) is 0 Å². The summed E-state index contributed by atoms with van der Waals surface area (Å²) in [6.45, 7) is 15.7. The molecule has 212 valence electrons. The summed E-state index contributed by atoms with van der Waals surface area (Å²) in [5.74, 6) is 0. The zero-order valence-electron chi connectivity index (χ0n) is 24.6. The van der Waals surface area contributed by atoms with E-state index >= 15 is 0 Å². The lowest BCUT2D eigenvalue weighted by Crippen LogP contribution is -1.68. The predicted octanol–water partition coefficient (Wildman–Crippen LogP) is 14.3. The van der Waals surface area contributed by atoms with E-state index in [1.165, 1.54) is 97.5 Å². The molecule has 0 aromatic carbocycles. The van der Waals surface area contributed by atoms with Gasteiger partial charge in [0.15, 0.2) is 0 Å². The van der Waals surface area contributed by atoms with Crippen LogP contribution >= 0.6 is 79.4 Å². The van der Waals surface area contributed by atoms with Crippen LogP contribution in [0.25, 0.3) is 58.5 Å². The highest BCUT2D eigenvalue weighted by molar-refractivity contribution is 7.31. The molecule has 42 heavy (non-hydrogen) atoms. The van der Waals surface area contributed by atoms with Crippen molar-refractivity contribution >= 4 is 79.4 Å². The van der Waals surface area contributed by atoms with E-state index in [9.17, 15) is 0 Å². The molecule has 0 N–H and O–H groups in total. The van der Waals surface area contributed by atoms with Crippen molar-refractivity contribution in [2.45, 2.75) is 48.5 Å². The predicted molar refractivity (Wildman–Crippen MR) is 197 cm³/mol. The largest absolute Gasteiger partial charge is 0.143 e. The van der Waals surface area contributed by atoms with Crippen molar-refractivity contribution in [3.05, 3.63) is 92.2 Å². The van der Waals surface area contributed by atoms with Crippen molar-refractivity contribution in [3.8, 4) is 58.5 Å². The molecule has 7 aromatic rings. The van der Waals surface area contributed by atoms with Gasteiger partial charge >= 0.3 is 0 Å². The molecule has 0 spiro atoms. The average Bonchev–Trinajstić information content (AvgIpc) is 3.77. The Kier molecular flexibility index (Phi) is 7.58. The Balaban J connectivity index is 1.21. The Morgan fingerprint density at radius 3 is 1.02 bits per heavy atom. The summed E-state index contributed by atoms with van der Waals surface area (Å²) in [5, 5.41) is 4.45. The Hall–Kier alpha value is -2.10. The van der Waals surface area contributed by atoms with Crippen LogP contribution in [0.5, 0.6) is 0 Å². The van der Waals surface area contributed by atoms with Gasteiger partial charge in [0.1, 0.15) is 0 Å². The third-order valence-electron chi connectivity index (χ3n) is 7.52. The lowest BCUT2D eigenvalue weighted by atomic mass is 10.1. The van der Waals surface area contributed by atoms with Gasteiger partial charge in [-0.25, -0.2) is 0 Å². The Morgan fingerprint density at radius 2 is 0.714 bits per heavy atom. The van der Waals surface area contributed by atoms with E-state index in [1.54, 1.807) is 0 Å². The molecule has 0 radical (unpaired) electrons. The van der Waals surface area contributed by atoms with Gasteiger partial charge in [-0.2, -0.15) is 0 Å². The molecule has 0 amide bonds. The molecule has 0 aliphatic heterocycles. The van der Waals surface area contributed by atoms with Gasteiger partial charge in [0.25, 0.3) is 0 Å². The first-order chi connectivity index (χ1) is 20.2. The van der Waals surface area contributed by atoms with E-state index in [2.05, 4.69) is 102 Å². The molecule has 0 unspecified atom stereocenters. The molecule has 0 saturated heterocycles. The summed E-state index contributed by atoms with van der Waals surface area (Å²) < 4.78 is 0. The number of thiophene rings is 7.